The highest BCUT2D eigenvalue weighted by molar-refractivity contribution is 8.14. The van der Waals surface area contributed by atoms with E-state index in [4.69, 9.17) is 0 Å². The highest BCUT2D eigenvalue weighted by Crippen LogP contribution is 2.40. The average molecular weight is 322 g/mol. The van der Waals surface area contributed by atoms with E-state index >= 15 is 0 Å². The molecule has 0 unspecified atom stereocenters. The maximum Gasteiger partial charge on any atom is 0.267 e. The zero-order valence-corrected chi connectivity index (χ0v) is 14.5. The van der Waals surface area contributed by atoms with Crippen molar-refractivity contribution in [1.82, 2.24) is 5.32 Å². The number of fused-ring (bicyclic) bond motifs is 1. The first-order chi connectivity index (χ1) is 9.93. The number of nitrogens with one attached hydrogen (secondary N) is 1. The highest BCUT2D eigenvalue weighted by atomic mass is 32.2. The first kappa shape index (κ1) is 15.1. The average Bonchev–Trinajstić information content (AvgIpc) is 3.04. The Balaban J connectivity index is 1.72. The summed E-state index contributed by atoms with van der Waals surface area (Å²) in [6, 6.07) is 2.10. The van der Waals surface area contributed by atoms with Crippen molar-refractivity contribution >= 4 is 34.2 Å². The molecule has 1 aliphatic heterocycles. The quantitative estimate of drug-likeness (QED) is 0.856. The molecule has 1 atom stereocenters. The summed E-state index contributed by atoms with van der Waals surface area (Å²) >= 11 is 3.29. The second-order valence-corrected chi connectivity index (χ2v) is 9.07. The SMILES string of the molecule is CC(C)(C)[C@@H]1CCc2sc(C(=O)NC3=NCCS3)cc2C1. The summed E-state index contributed by atoms with van der Waals surface area (Å²) in [6.07, 6.45) is 3.46. The number of hydrogen-bond donors (Lipinski definition) is 1. The van der Waals surface area contributed by atoms with Gasteiger partial charge in [-0.1, -0.05) is 32.5 Å². The summed E-state index contributed by atoms with van der Waals surface area (Å²) in [6.45, 7) is 7.77. The van der Waals surface area contributed by atoms with Crippen LogP contribution in [-0.2, 0) is 12.8 Å². The zero-order valence-electron chi connectivity index (χ0n) is 12.9. The number of amides is 1. The Labute approximate surface area is 134 Å². The van der Waals surface area contributed by atoms with E-state index < -0.39 is 0 Å². The second-order valence-electron chi connectivity index (χ2n) is 6.85. The van der Waals surface area contributed by atoms with Gasteiger partial charge in [-0.2, -0.15) is 0 Å². The van der Waals surface area contributed by atoms with E-state index in [2.05, 4.69) is 37.1 Å². The van der Waals surface area contributed by atoms with Crippen LogP contribution in [0, 0.1) is 11.3 Å². The third-order valence-corrected chi connectivity index (χ3v) is 6.46. The van der Waals surface area contributed by atoms with Gasteiger partial charge in [-0.3, -0.25) is 9.79 Å². The largest absolute Gasteiger partial charge is 0.301 e. The molecule has 3 nitrogen and oxygen atoms in total. The lowest BCUT2D eigenvalue weighted by atomic mass is 9.72. The molecule has 1 aliphatic carbocycles. The third-order valence-electron chi connectivity index (χ3n) is 4.34. The minimum absolute atomic E-state index is 0.00913. The summed E-state index contributed by atoms with van der Waals surface area (Å²) in [5.41, 5.74) is 1.73. The molecule has 21 heavy (non-hydrogen) atoms. The van der Waals surface area contributed by atoms with Crippen LogP contribution in [0.4, 0.5) is 0 Å². The van der Waals surface area contributed by atoms with Gasteiger partial charge in [-0.25, -0.2) is 0 Å². The molecule has 0 bridgehead atoms. The summed E-state index contributed by atoms with van der Waals surface area (Å²) in [5, 5.41) is 3.71. The Kier molecular flexibility index (Phi) is 4.14. The summed E-state index contributed by atoms with van der Waals surface area (Å²) < 4.78 is 0. The molecule has 0 spiro atoms. The van der Waals surface area contributed by atoms with Crippen LogP contribution >= 0.6 is 23.1 Å². The van der Waals surface area contributed by atoms with Crippen LogP contribution in [0.1, 0.15) is 47.3 Å². The van der Waals surface area contributed by atoms with E-state index in [0.29, 0.717) is 11.3 Å². The van der Waals surface area contributed by atoms with Gasteiger partial charge in [0.05, 0.1) is 11.4 Å². The molecule has 0 saturated carbocycles. The minimum atomic E-state index is 0.00913. The number of thiophene rings is 1. The fraction of sp³-hybridized carbons (Fsp3) is 0.625. The van der Waals surface area contributed by atoms with E-state index in [-0.39, 0.29) is 5.91 Å². The van der Waals surface area contributed by atoms with Gasteiger partial charge in [-0.15, -0.1) is 11.3 Å². The predicted octanol–water partition coefficient (Wildman–Crippen LogP) is 3.73. The first-order valence-electron chi connectivity index (χ1n) is 7.53. The monoisotopic (exact) mass is 322 g/mol. The van der Waals surface area contributed by atoms with Crippen LogP contribution in [0.2, 0.25) is 0 Å². The van der Waals surface area contributed by atoms with Crippen LogP contribution < -0.4 is 5.32 Å². The fourth-order valence-electron chi connectivity index (χ4n) is 2.94. The smallest absolute Gasteiger partial charge is 0.267 e. The Bertz CT molecular complexity index is 584. The van der Waals surface area contributed by atoms with Gasteiger partial charge in [0.15, 0.2) is 5.17 Å². The maximum atomic E-state index is 12.3. The Morgan fingerprint density at radius 2 is 2.24 bits per heavy atom. The molecule has 0 aromatic carbocycles. The molecular weight excluding hydrogens is 300 g/mol. The lowest BCUT2D eigenvalue weighted by molar-refractivity contribution is 0.0982. The Morgan fingerprint density at radius 1 is 1.43 bits per heavy atom. The van der Waals surface area contributed by atoms with Gasteiger partial charge in [0, 0.05) is 10.6 Å². The summed E-state index contributed by atoms with van der Waals surface area (Å²) in [7, 11) is 0. The van der Waals surface area contributed by atoms with Crippen LogP contribution in [-0.4, -0.2) is 23.4 Å². The predicted molar refractivity (Wildman–Crippen MR) is 91.5 cm³/mol. The molecule has 1 aromatic rings. The molecule has 3 rings (SSSR count). The van der Waals surface area contributed by atoms with Gasteiger partial charge < -0.3 is 5.32 Å². The fourth-order valence-corrected chi connectivity index (χ4v) is 4.77. The van der Waals surface area contributed by atoms with Gasteiger partial charge in [0.2, 0.25) is 0 Å². The second kappa shape index (κ2) is 5.76. The highest BCUT2D eigenvalue weighted by Gasteiger charge is 2.30. The molecule has 0 saturated heterocycles. The summed E-state index contributed by atoms with van der Waals surface area (Å²) in [5.74, 6) is 1.70. The standard InChI is InChI=1S/C16H22N2OS2/c1-16(2,3)11-4-5-12-10(8-11)9-13(21-12)14(19)18-15-17-6-7-20-15/h9,11H,4-8H2,1-3H3,(H,17,18,19)/t11-/m1/s1. The van der Waals surface area contributed by atoms with E-state index in [1.54, 1.807) is 23.1 Å². The van der Waals surface area contributed by atoms with E-state index in [1.807, 2.05) is 0 Å². The summed E-state index contributed by atoms with van der Waals surface area (Å²) in [4.78, 5) is 18.8. The van der Waals surface area contributed by atoms with E-state index in [9.17, 15) is 4.79 Å². The van der Waals surface area contributed by atoms with Crippen molar-refractivity contribution in [3.63, 3.8) is 0 Å². The molecule has 0 radical (unpaired) electrons. The van der Waals surface area contributed by atoms with Crippen molar-refractivity contribution < 1.29 is 4.79 Å². The van der Waals surface area contributed by atoms with Crippen molar-refractivity contribution in [2.24, 2.45) is 16.3 Å². The number of aliphatic imine (C=N–C) groups is 1. The van der Waals surface area contributed by atoms with Crippen molar-refractivity contribution in [3.8, 4) is 0 Å². The van der Waals surface area contributed by atoms with Crippen molar-refractivity contribution in [1.29, 1.82) is 0 Å². The number of nitrogens with zero attached hydrogens (tertiary/aromatic N) is 1. The van der Waals surface area contributed by atoms with Gasteiger partial charge >= 0.3 is 0 Å². The van der Waals surface area contributed by atoms with Crippen molar-refractivity contribution in [2.45, 2.75) is 40.0 Å². The Morgan fingerprint density at radius 3 is 2.90 bits per heavy atom. The van der Waals surface area contributed by atoms with Gasteiger partial charge in [0.1, 0.15) is 0 Å². The molecule has 5 heteroatoms. The molecule has 1 aromatic heterocycles. The number of carbonyl (C=O) groups is 1. The molecule has 1 amide bonds. The van der Waals surface area contributed by atoms with Gasteiger partial charge in [-0.05, 0) is 42.2 Å². The molecule has 114 valence electrons. The molecule has 2 aliphatic rings. The normalized spacial score (nSPS) is 21.9. The zero-order chi connectivity index (χ0) is 15.0. The molecule has 2 heterocycles. The molecule has 1 N–H and O–H groups in total. The lowest BCUT2D eigenvalue weighted by Crippen LogP contribution is -2.26. The molecule has 0 fully saturated rings. The number of aryl methyl sites for hydroxylation is 1. The van der Waals surface area contributed by atoms with Crippen LogP contribution in [0.5, 0.6) is 0 Å². The third kappa shape index (κ3) is 3.34. The number of thioether (sulfide) groups is 1. The lowest BCUT2D eigenvalue weighted by Gasteiger charge is -2.33. The van der Waals surface area contributed by atoms with E-state index in [1.165, 1.54) is 16.9 Å². The van der Waals surface area contributed by atoms with Crippen LogP contribution in [0.25, 0.3) is 0 Å². The van der Waals surface area contributed by atoms with Crippen LogP contribution in [0.3, 0.4) is 0 Å². The number of carbonyl (C=O) groups excluding carboxylic acids is 1. The van der Waals surface area contributed by atoms with Crippen LogP contribution in [0.15, 0.2) is 11.1 Å². The van der Waals surface area contributed by atoms with Gasteiger partial charge in [0.25, 0.3) is 5.91 Å². The maximum absolute atomic E-state index is 12.3. The number of hydrogen-bond acceptors (Lipinski definition) is 4. The minimum Gasteiger partial charge on any atom is -0.301 e. The Hall–Kier alpha value is -0.810. The number of rotatable bonds is 1. The van der Waals surface area contributed by atoms with Crippen molar-refractivity contribution in [3.05, 3.63) is 21.4 Å². The number of amidine groups is 1. The first-order valence-corrected chi connectivity index (χ1v) is 9.34. The van der Waals surface area contributed by atoms with E-state index in [0.717, 1.165) is 35.2 Å². The van der Waals surface area contributed by atoms with Crippen molar-refractivity contribution in [2.75, 3.05) is 12.3 Å². The topological polar surface area (TPSA) is 41.5 Å². The molecular formula is C16H22N2OS2.